The molecule has 1 aliphatic rings. The first-order valence-corrected chi connectivity index (χ1v) is 23.5. The molecular weight excluding hydrogens is 997 g/mol. The van der Waals surface area contributed by atoms with Crippen molar-refractivity contribution < 1.29 is 25.5 Å². The molecule has 1 atom stereocenters. The Labute approximate surface area is 390 Å². The average Bonchev–Trinajstić information content (AvgIpc) is 4.00. The predicted molar refractivity (Wildman–Crippen MR) is 261 cm³/mol. The molecule has 0 bridgehead atoms. The van der Waals surface area contributed by atoms with Gasteiger partial charge in [0, 0.05) is 57.1 Å². The second-order valence-electron chi connectivity index (χ2n) is 16.4. The first kappa shape index (κ1) is 39.2. The number of anilines is 3. The Morgan fingerprint density at radius 1 is 0.508 bits per heavy atom. The van der Waals surface area contributed by atoms with E-state index in [-0.39, 0.29) is 21.1 Å². The van der Waals surface area contributed by atoms with Crippen LogP contribution in [0.4, 0.5) is 21.5 Å². The zero-order valence-corrected chi connectivity index (χ0v) is 38.0. The topological polar surface area (TPSA) is 38.4 Å². The number of alkyl halides is 1. The number of imidazole rings is 1. The van der Waals surface area contributed by atoms with Gasteiger partial charge >= 0.3 is 21.1 Å². The van der Waals surface area contributed by atoms with Crippen molar-refractivity contribution in [3.8, 4) is 5.69 Å². The molecule has 5 heterocycles. The van der Waals surface area contributed by atoms with Gasteiger partial charge in [0.1, 0.15) is 11.8 Å². The number of nitrogens with zero attached hydrogens (tertiary/aromatic N) is 5. The van der Waals surface area contributed by atoms with Crippen LogP contribution >= 0.6 is 0 Å². The molecule has 0 radical (unpaired) electrons. The number of hydrogen-bond acceptors (Lipinski definition) is 3. The summed E-state index contributed by atoms with van der Waals surface area (Å²) in [5.41, 5.74) is 8.49. The standard InChI is InChI=1S/C57H36FN5Si.Pt/c58-53(39-29-30-44-45-24-10-11-26-49(45)61-35-34-60-56(61)48(44)37-39)38-16-14-19-41(36-38)63-54-46(47-25-15-33-59-57(47)63)31-32-51-55(54)64(42-20-6-2-7-21-42,43-22-8-3-9-23-43)52-28-13-12-27-50(52)62(51)40-17-4-1-5-18-40;/h1-35,53H;/q-2;+2. The third-order valence-corrected chi connectivity index (χ3v) is 18.0. The molecule has 0 saturated heterocycles. The van der Waals surface area contributed by atoms with E-state index in [2.05, 4.69) is 172 Å². The fourth-order valence-electron chi connectivity index (χ4n) is 10.5. The number of benzene rings is 8. The number of halogens is 1. The van der Waals surface area contributed by atoms with Crippen molar-refractivity contribution in [2.24, 2.45) is 0 Å². The van der Waals surface area contributed by atoms with Crippen molar-refractivity contribution in [3.05, 3.63) is 236 Å². The molecule has 12 aromatic rings. The maximum atomic E-state index is 17.4. The first-order valence-electron chi connectivity index (χ1n) is 21.5. The Morgan fingerprint density at radius 3 is 1.97 bits per heavy atom. The minimum atomic E-state index is -3.18. The minimum absolute atomic E-state index is 0. The van der Waals surface area contributed by atoms with Crippen LogP contribution in [0, 0.1) is 12.1 Å². The molecule has 0 N–H and O–H groups in total. The van der Waals surface area contributed by atoms with Crippen molar-refractivity contribution in [3.63, 3.8) is 0 Å². The molecule has 8 aromatic carbocycles. The van der Waals surface area contributed by atoms with Crippen LogP contribution in [0.25, 0.3) is 54.9 Å². The smallest absolute Gasteiger partial charge is 0.340 e. The van der Waals surface area contributed by atoms with Gasteiger partial charge < -0.3 is 13.9 Å². The van der Waals surface area contributed by atoms with Gasteiger partial charge in [0.2, 0.25) is 0 Å². The Hall–Kier alpha value is -7.44. The zero-order valence-electron chi connectivity index (χ0n) is 34.7. The molecule has 1 unspecified atom stereocenters. The van der Waals surface area contributed by atoms with E-state index in [1.165, 1.54) is 20.7 Å². The Bertz CT molecular complexity index is 3740. The summed E-state index contributed by atoms with van der Waals surface area (Å²) in [5, 5.41) is 9.99. The second-order valence-corrected chi connectivity index (χ2v) is 20.1. The van der Waals surface area contributed by atoms with Gasteiger partial charge in [-0.25, -0.2) is 9.37 Å². The summed E-state index contributed by atoms with van der Waals surface area (Å²) in [7, 11) is -3.18. The quantitative estimate of drug-likeness (QED) is 0.0946. The number of para-hydroxylation sites is 3. The van der Waals surface area contributed by atoms with Gasteiger partial charge in [-0.15, -0.1) is 29.8 Å². The van der Waals surface area contributed by atoms with E-state index in [0.717, 1.165) is 66.3 Å². The van der Waals surface area contributed by atoms with E-state index < -0.39 is 14.2 Å². The van der Waals surface area contributed by atoms with Crippen LogP contribution in [0.2, 0.25) is 0 Å². The van der Waals surface area contributed by atoms with Crippen molar-refractivity contribution in [2.75, 3.05) is 4.90 Å². The van der Waals surface area contributed by atoms with Crippen molar-refractivity contribution in [2.45, 2.75) is 6.17 Å². The third-order valence-electron chi connectivity index (χ3n) is 13.1. The molecule has 13 rings (SSSR count). The molecule has 1 aliphatic heterocycles. The number of hydrogen-bond donors (Lipinski definition) is 0. The molecule has 65 heavy (non-hydrogen) atoms. The van der Waals surface area contributed by atoms with Crippen molar-refractivity contribution >= 4 is 95.1 Å². The van der Waals surface area contributed by atoms with Crippen molar-refractivity contribution in [1.82, 2.24) is 18.9 Å². The largest absolute Gasteiger partial charge is 2.00 e. The van der Waals surface area contributed by atoms with Crippen LogP contribution in [0.1, 0.15) is 17.3 Å². The van der Waals surface area contributed by atoms with E-state index in [1.54, 1.807) is 6.20 Å². The molecule has 0 aliphatic carbocycles. The van der Waals surface area contributed by atoms with Crippen LogP contribution in [0.15, 0.2) is 213 Å². The Morgan fingerprint density at radius 2 is 1.17 bits per heavy atom. The summed E-state index contributed by atoms with van der Waals surface area (Å²) in [4.78, 5) is 12.2. The van der Waals surface area contributed by atoms with E-state index in [1.807, 2.05) is 60.9 Å². The van der Waals surface area contributed by atoms with Crippen molar-refractivity contribution in [1.29, 1.82) is 0 Å². The number of pyridine rings is 2. The fraction of sp³-hybridized carbons (Fsp3) is 0.0175. The number of fused-ring (bicyclic) bond motifs is 12. The van der Waals surface area contributed by atoms with Gasteiger partial charge in [0.15, 0.2) is 8.07 Å². The summed E-state index contributed by atoms with van der Waals surface area (Å²) in [6.07, 6.45) is 4.07. The monoisotopic (exact) mass is 1030 g/mol. The molecule has 4 aromatic heterocycles. The second kappa shape index (κ2) is 15.4. The van der Waals surface area contributed by atoms with Crippen LogP contribution in [-0.2, 0) is 21.1 Å². The first-order chi connectivity index (χ1) is 31.7. The molecular formula is C57H36FN5PtSi. The van der Waals surface area contributed by atoms with E-state index in [4.69, 9.17) is 9.97 Å². The van der Waals surface area contributed by atoms with E-state index in [9.17, 15) is 0 Å². The van der Waals surface area contributed by atoms with Crippen LogP contribution < -0.4 is 25.6 Å². The number of rotatable bonds is 6. The molecule has 0 saturated carbocycles. The third kappa shape index (κ3) is 5.72. The molecule has 0 amide bonds. The zero-order chi connectivity index (χ0) is 42.4. The molecule has 310 valence electrons. The van der Waals surface area contributed by atoms with E-state index in [0.29, 0.717) is 16.8 Å². The SMILES string of the molecule is FC(c1[c-]c(-n2c3ncccc3c3ccc4c(c32)[Si](c2ccccc2)(c2ccccc2)c2ccccc2N4c2ccccc2)ccc1)c1[c-]c2c(cc1)c1ccccc1n1ccnc21.[Pt+2]. The fourth-order valence-corrected chi connectivity index (χ4v) is 15.8. The maximum absolute atomic E-state index is 17.4. The van der Waals surface area contributed by atoms with Crippen LogP contribution in [0.3, 0.4) is 0 Å². The van der Waals surface area contributed by atoms with Gasteiger partial charge in [0.05, 0.1) is 11.2 Å². The van der Waals surface area contributed by atoms with Crippen LogP contribution in [-0.4, -0.2) is 27.0 Å². The summed E-state index contributed by atoms with van der Waals surface area (Å²) < 4.78 is 21.7. The molecule has 0 spiro atoms. The predicted octanol–water partition coefficient (Wildman–Crippen LogP) is 11.0. The molecule has 8 heteroatoms. The summed E-state index contributed by atoms with van der Waals surface area (Å²) in [6, 6.07) is 75.4. The Kier molecular flexibility index (Phi) is 9.26. The average molecular weight is 1030 g/mol. The normalized spacial score (nSPS) is 13.5. The molecule has 5 nitrogen and oxygen atoms in total. The van der Waals surface area contributed by atoms with Gasteiger partial charge in [-0.2, -0.15) is 18.2 Å². The van der Waals surface area contributed by atoms with E-state index >= 15 is 4.39 Å². The van der Waals surface area contributed by atoms with Crippen LogP contribution in [0.5, 0.6) is 0 Å². The Balaban J connectivity index is 0.00000444. The maximum Gasteiger partial charge on any atom is 2.00 e. The summed E-state index contributed by atoms with van der Waals surface area (Å²) >= 11 is 0. The van der Waals surface area contributed by atoms with Gasteiger partial charge in [-0.1, -0.05) is 143 Å². The summed E-state index contributed by atoms with van der Waals surface area (Å²) in [6.45, 7) is 0. The van der Waals surface area contributed by atoms with Gasteiger partial charge in [0.25, 0.3) is 0 Å². The minimum Gasteiger partial charge on any atom is -0.340 e. The van der Waals surface area contributed by atoms with Gasteiger partial charge in [-0.05, 0) is 63.4 Å². The summed E-state index contributed by atoms with van der Waals surface area (Å²) in [5.74, 6) is 0. The molecule has 0 fully saturated rings. The number of aromatic nitrogens is 4. The van der Waals surface area contributed by atoms with Gasteiger partial charge in [-0.3, -0.25) is 4.98 Å².